The number of anilines is 1. The minimum absolute atomic E-state index is 0.103. The molecule has 2 aliphatic heterocycles. The molecule has 134 valence electrons. The molecule has 1 aromatic heterocycles. The molecule has 2 aromatic rings. The van der Waals surface area contributed by atoms with Gasteiger partial charge in [0, 0.05) is 31.1 Å². The molecular weight excluding hydrogens is 316 g/mol. The van der Waals surface area contributed by atoms with Crippen LogP contribution in [0, 0.1) is 5.92 Å². The number of fused-ring (bicyclic) bond motifs is 1. The molecule has 6 nitrogen and oxygen atoms in total. The Balaban J connectivity index is 1.32. The number of benzene rings is 1. The first-order valence-corrected chi connectivity index (χ1v) is 9.33. The molecule has 2 fully saturated rings. The third-order valence-electron chi connectivity index (χ3n) is 5.39. The summed E-state index contributed by atoms with van der Waals surface area (Å²) in [6, 6.07) is 9.29. The molecule has 3 heterocycles. The molecule has 0 saturated carbocycles. The molecule has 0 aliphatic carbocycles. The number of hydrogen-bond donors (Lipinski definition) is 2. The van der Waals surface area contributed by atoms with Crippen molar-refractivity contribution in [1.82, 2.24) is 15.6 Å². The van der Waals surface area contributed by atoms with Crippen molar-refractivity contribution in [3.63, 3.8) is 0 Å². The Hall–Kier alpha value is -2.08. The normalized spacial score (nSPS) is 25.2. The van der Waals surface area contributed by atoms with Gasteiger partial charge in [-0.15, -0.1) is 0 Å². The number of carbonyl (C=O) groups is 1. The lowest BCUT2D eigenvalue weighted by molar-refractivity contribution is -0.126. The molecule has 6 heteroatoms. The number of aromatic nitrogens is 1. The first-order valence-electron chi connectivity index (χ1n) is 9.33. The van der Waals surface area contributed by atoms with Gasteiger partial charge in [-0.05, 0) is 51.3 Å². The minimum atomic E-state index is 0.103. The molecule has 2 unspecified atom stereocenters. The van der Waals surface area contributed by atoms with Crippen molar-refractivity contribution < 1.29 is 9.21 Å². The average molecular weight is 342 g/mol. The summed E-state index contributed by atoms with van der Waals surface area (Å²) in [7, 11) is 0. The number of piperidine rings is 2. The predicted octanol–water partition coefficient (Wildman–Crippen LogP) is 2.30. The summed E-state index contributed by atoms with van der Waals surface area (Å²) >= 11 is 0. The second kappa shape index (κ2) is 7.04. The van der Waals surface area contributed by atoms with Crippen LogP contribution in [0.4, 0.5) is 6.01 Å². The molecule has 0 bridgehead atoms. The Kier molecular flexibility index (Phi) is 4.61. The second-order valence-electron chi connectivity index (χ2n) is 7.31. The van der Waals surface area contributed by atoms with Crippen molar-refractivity contribution >= 4 is 23.0 Å². The summed E-state index contributed by atoms with van der Waals surface area (Å²) in [6.45, 7) is 4.79. The smallest absolute Gasteiger partial charge is 0.298 e. The Morgan fingerprint density at radius 2 is 2.08 bits per heavy atom. The topological polar surface area (TPSA) is 70.4 Å². The Bertz CT molecular complexity index is 703. The number of carbonyl (C=O) groups excluding carboxylic acids is 1. The van der Waals surface area contributed by atoms with E-state index in [1.54, 1.807) is 0 Å². The largest absolute Gasteiger partial charge is 0.423 e. The van der Waals surface area contributed by atoms with Gasteiger partial charge in [0.25, 0.3) is 6.01 Å². The molecule has 0 radical (unpaired) electrons. The molecular formula is C19H26N4O2. The maximum atomic E-state index is 12.6. The molecule has 4 rings (SSSR count). The van der Waals surface area contributed by atoms with Crippen molar-refractivity contribution in [2.75, 3.05) is 24.5 Å². The SMILES string of the molecule is CC1CC(NC(=O)C2CCN(c3nc4ccccc4o3)CC2)CCN1. The van der Waals surface area contributed by atoms with Crippen molar-refractivity contribution in [1.29, 1.82) is 0 Å². The fourth-order valence-corrected chi connectivity index (χ4v) is 3.91. The first kappa shape index (κ1) is 16.4. The molecule has 2 atom stereocenters. The van der Waals surface area contributed by atoms with Crippen LogP contribution in [0.5, 0.6) is 0 Å². The van der Waals surface area contributed by atoms with Crippen molar-refractivity contribution in [3.8, 4) is 0 Å². The van der Waals surface area contributed by atoms with Crippen LogP contribution in [0.2, 0.25) is 0 Å². The van der Waals surface area contributed by atoms with Crippen LogP contribution in [0.3, 0.4) is 0 Å². The Morgan fingerprint density at radius 3 is 2.84 bits per heavy atom. The fourth-order valence-electron chi connectivity index (χ4n) is 3.91. The number of amides is 1. The fraction of sp³-hybridized carbons (Fsp3) is 0.579. The predicted molar refractivity (Wildman–Crippen MR) is 97.6 cm³/mol. The molecule has 2 saturated heterocycles. The molecule has 2 N–H and O–H groups in total. The number of nitrogens with zero attached hydrogens (tertiary/aromatic N) is 2. The minimum Gasteiger partial charge on any atom is -0.423 e. The van der Waals surface area contributed by atoms with E-state index >= 15 is 0 Å². The highest BCUT2D eigenvalue weighted by Crippen LogP contribution is 2.26. The van der Waals surface area contributed by atoms with Crippen LogP contribution in [0.1, 0.15) is 32.6 Å². The van der Waals surface area contributed by atoms with Crippen LogP contribution in [-0.4, -0.2) is 42.6 Å². The molecule has 25 heavy (non-hydrogen) atoms. The number of nitrogens with one attached hydrogen (secondary N) is 2. The van der Waals surface area contributed by atoms with Crippen molar-refractivity contribution in [3.05, 3.63) is 24.3 Å². The maximum Gasteiger partial charge on any atom is 0.298 e. The zero-order chi connectivity index (χ0) is 17.2. The van der Waals surface area contributed by atoms with E-state index in [0.717, 1.165) is 56.4 Å². The summed E-state index contributed by atoms with van der Waals surface area (Å²) in [5, 5.41) is 6.68. The zero-order valence-corrected chi connectivity index (χ0v) is 14.7. The van der Waals surface area contributed by atoms with Crippen LogP contribution in [0.15, 0.2) is 28.7 Å². The van der Waals surface area contributed by atoms with Gasteiger partial charge in [0.1, 0.15) is 5.52 Å². The molecule has 2 aliphatic rings. The van der Waals surface area contributed by atoms with Gasteiger partial charge >= 0.3 is 0 Å². The lowest BCUT2D eigenvalue weighted by Gasteiger charge is -2.33. The second-order valence-corrected chi connectivity index (χ2v) is 7.31. The monoisotopic (exact) mass is 342 g/mol. The van der Waals surface area contributed by atoms with Gasteiger partial charge in [0.2, 0.25) is 5.91 Å². The third kappa shape index (κ3) is 3.63. The highest BCUT2D eigenvalue weighted by Gasteiger charge is 2.29. The van der Waals surface area contributed by atoms with Crippen molar-refractivity contribution in [2.24, 2.45) is 5.92 Å². The standard InChI is InChI=1S/C19H26N4O2/c1-13-12-15(6-9-20-13)21-18(24)14-7-10-23(11-8-14)19-22-16-4-2-3-5-17(16)25-19/h2-5,13-15,20H,6-12H2,1H3,(H,21,24). The number of hydrogen-bond acceptors (Lipinski definition) is 5. The van der Waals surface area contributed by atoms with Gasteiger partial charge in [-0.1, -0.05) is 12.1 Å². The van der Waals surface area contributed by atoms with Crippen LogP contribution >= 0.6 is 0 Å². The van der Waals surface area contributed by atoms with E-state index in [1.165, 1.54) is 0 Å². The maximum absolute atomic E-state index is 12.6. The summed E-state index contributed by atoms with van der Waals surface area (Å²) in [5.41, 5.74) is 1.70. The number of rotatable bonds is 3. The number of para-hydroxylation sites is 2. The highest BCUT2D eigenvalue weighted by atomic mass is 16.4. The van der Waals surface area contributed by atoms with Gasteiger partial charge in [0.05, 0.1) is 0 Å². The summed E-state index contributed by atoms with van der Waals surface area (Å²) in [4.78, 5) is 19.3. The zero-order valence-electron chi connectivity index (χ0n) is 14.7. The summed E-state index contributed by atoms with van der Waals surface area (Å²) in [6.07, 6.45) is 3.75. The van der Waals surface area contributed by atoms with E-state index < -0.39 is 0 Å². The van der Waals surface area contributed by atoms with E-state index in [9.17, 15) is 4.79 Å². The van der Waals surface area contributed by atoms with Crippen LogP contribution in [0.25, 0.3) is 11.1 Å². The third-order valence-corrected chi connectivity index (χ3v) is 5.39. The van der Waals surface area contributed by atoms with Gasteiger partial charge in [0.15, 0.2) is 5.58 Å². The lowest BCUT2D eigenvalue weighted by atomic mass is 9.94. The van der Waals surface area contributed by atoms with Gasteiger partial charge in [-0.25, -0.2) is 0 Å². The quantitative estimate of drug-likeness (QED) is 0.896. The van der Waals surface area contributed by atoms with E-state index in [2.05, 4.69) is 27.4 Å². The van der Waals surface area contributed by atoms with Gasteiger partial charge < -0.3 is 20.0 Å². The van der Waals surface area contributed by atoms with Gasteiger partial charge in [-0.2, -0.15) is 4.98 Å². The first-order chi connectivity index (χ1) is 12.2. The average Bonchev–Trinajstić information content (AvgIpc) is 3.06. The van der Waals surface area contributed by atoms with E-state index in [1.807, 2.05) is 24.3 Å². The molecule has 1 amide bonds. The lowest BCUT2D eigenvalue weighted by Crippen LogP contribution is -2.49. The Labute approximate surface area is 148 Å². The van der Waals surface area contributed by atoms with E-state index in [-0.39, 0.29) is 11.8 Å². The van der Waals surface area contributed by atoms with Crippen LogP contribution in [-0.2, 0) is 4.79 Å². The Morgan fingerprint density at radius 1 is 1.28 bits per heavy atom. The highest BCUT2D eigenvalue weighted by molar-refractivity contribution is 5.79. The van der Waals surface area contributed by atoms with Crippen LogP contribution < -0.4 is 15.5 Å². The van der Waals surface area contributed by atoms with E-state index in [4.69, 9.17) is 4.42 Å². The summed E-state index contributed by atoms with van der Waals surface area (Å²) < 4.78 is 5.84. The molecule has 0 spiro atoms. The number of oxazole rings is 1. The van der Waals surface area contributed by atoms with Gasteiger partial charge in [-0.3, -0.25) is 4.79 Å². The molecule has 1 aromatic carbocycles. The van der Waals surface area contributed by atoms with E-state index in [0.29, 0.717) is 18.1 Å². The summed E-state index contributed by atoms with van der Waals surface area (Å²) in [5.74, 6) is 0.321. The van der Waals surface area contributed by atoms with Crippen molar-refractivity contribution in [2.45, 2.75) is 44.7 Å².